The minimum Gasteiger partial charge on any atom is -0.497 e. The fourth-order valence-corrected chi connectivity index (χ4v) is 3.75. The number of rotatable bonds is 4. The van der Waals surface area contributed by atoms with Gasteiger partial charge >= 0.3 is 6.03 Å². The molecule has 0 radical (unpaired) electrons. The zero-order valence-corrected chi connectivity index (χ0v) is 15.7. The quantitative estimate of drug-likeness (QED) is 0.755. The average molecular weight is 382 g/mol. The van der Waals surface area contributed by atoms with Gasteiger partial charge in [-0.15, -0.1) is 0 Å². The lowest BCUT2D eigenvalue weighted by atomic mass is 10.1. The van der Waals surface area contributed by atoms with Crippen molar-refractivity contribution in [2.24, 2.45) is 0 Å². The van der Waals surface area contributed by atoms with Gasteiger partial charge in [0.2, 0.25) is 5.91 Å². The van der Waals surface area contributed by atoms with E-state index >= 15 is 0 Å². The Morgan fingerprint density at radius 3 is 2.79 bits per heavy atom. The van der Waals surface area contributed by atoms with Crippen LogP contribution in [0.1, 0.15) is 6.42 Å². The Hall–Kier alpha value is -3.42. The van der Waals surface area contributed by atoms with Crippen LogP contribution >= 0.6 is 0 Å². The first kappa shape index (κ1) is 18.0. The number of hydrogen-bond donors (Lipinski definition) is 3. The van der Waals surface area contributed by atoms with Crippen LogP contribution in [-0.2, 0) is 4.79 Å². The van der Waals surface area contributed by atoms with Gasteiger partial charge in [-0.1, -0.05) is 12.1 Å². The van der Waals surface area contributed by atoms with Crippen LogP contribution in [-0.4, -0.2) is 44.8 Å². The summed E-state index contributed by atoms with van der Waals surface area (Å²) in [6.45, 7) is 0.572. The summed E-state index contributed by atoms with van der Waals surface area (Å²) in [7, 11) is 3.10. The Bertz CT molecular complexity index is 917. The van der Waals surface area contributed by atoms with Crippen LogP contribution in [0.4, 0.5) is 21.9 Å². The first-order valence-corrected chi connectivity index (χ1v) is 9.05. The summed E-state index contributed by atoms with van der Waals surface area (Å²) in [5, 5.41) is 8.69. The minimum atomic E-state index is -0.345. The highest BCUT2D eigenvalue weighted by atomic mass is 16.5. The number of ether oxygens (including phenoxy) is 2. The predicted molar refractivity (Wildman–Crippen MR) is 106 cm³/mol. The van der Waals surface area contributed by atoms with Crippen molar-refractivity contribution in [2.45, 2.75) is 18.5 Å². The van der Waals surface area contributed by atoms with Gasteiger partial charge in [0.05, 0.1) is 37.3 Å². The lowest BCUT2D eigenvalue weighted by Gasteiger charge is -2.32. The number of urea groups is 1. The molecular formula is C20H22N4O4. The molecule has 8 nitrogen and oxygen atoms in total. The van der Waals surface area contributed by atoms with Crippen LogP contribution in [0.3, 0.4) is 0 Å². The molecule has 2 unspecified atom stereocenters. The second-order valence-corrected chi connectivity index (χ2v) is 6.77. The molecule has 0 spiro atoms. The molecule has 0 bridgehead atoms. The van der Waals surface area contributed by atoms with Gasteiger partial charge in [-0.05, 0) is 30.7 Å². The number of nitrogens with zero attached hydrogens (tertiary/aromatic N) is 1. The highest BCUT2D eigenvalue weighted by Crippen LogP contribution is 2.36. The SMILES string of the molecule is COc1ccc(NC(=O)NC2CC3C(=O)Nc4ccccc4N3C2)c(OC)c1. The molecule has 2 aromatic carbocycles. The number of anilines is 3. The number of benzene rings is 2. The van der Waals surface area contributed by atoms with Crippen molar-refractivity contribution in [1.82, 2.24) is 5.32 Å². The third kappa shape index (κ3) is 3.28. The predicted octanol–water partition coefficient (Wildman–Crippen LogP) is 2.42. The Kier molecular flexibility index (Phi) is 4.68. The van der Waals surface area contributed by atoms with E-state index in [1.54, 1.807) is 25.3 Å². The molecular weight excluding hydrogens is 360 g/mol. The van der Waals surface area contributed by atoms with Crippen molar-refractivity contribution in [3.05, 3.63) is 42.5 Å². The van der Waals surface area contributed by atoms with Crippen LogP contribution in [0.15, 0.2) is 42.5 Å². The standard InChI is InChI=1S/C20H22N4O4/c1-27-13-7-8-15(18(10-13)28-2)23-20(26)21-12-9-17-19(25)22-14-5-3-4-6-16(14)24(17)11-12/h3-8,10,12,17H,9,11H2,1-2H3,(H,22,25)(H2,21,23,26). The zero-order valence-electron chi connectivity index (χ0n) is 15.7. The van der Waals surface area contributed by atoms with Gasteiger partial charge in [0.15, 0.2) is 0 Å². The van der Waals surface area contributed by atoms with Crippen molar-refractivity contribution in [3.8, 4) is 11.5 Å². The molecule has 8 heteroatoms. The molecule has 2 aliphatic heterocycles. The number of para-hydroxylation sites is 2. The normalized spacial score (nSPS) is 19.9. The molecule has 0 saturated carbocycles. The van der Waals surface area contributed by atoms with Crippen LogP contribution in [0.25, 0.3) is 0 Å². The summed E-state index contributed by atoms with van der Waals surface area (Å²) < 4.78 is 10.5. The molecule has 4 rings (SSSR count). The fraction of sp³-hybridized carbons (Fsp3) is 0.300. The maximum atomic E-state index is 12.5. The first-order valence-electron chi connectivity index (χ1n) is 9.05. The minimum absolute atomic E-state index is 0.0415. The summed E-state index contributed by atoms with van der Waals surface area (Å²) in [6.07, 6.45) is 0.549. The Labute approximate surface area is 162 Å². The maximum Gasteiger partial charge on any atom is 0.319 e. The monoisotopic (exact) mass is 382 g/mol. The van der Waals surface area contributed by atoms with Crippen molar-refractivity contribution < 1.29 is 19.1 Å². The fourth-order valence-electron chi connectivity index (χ4n) is 3.75. The van der Waals surface area contributed by atoms with Gasteiger partial charge in [0.25, 0.3) is 0 Å². The second kappa shape index (κ2) is 7.30. The number of carbonyl (C=O) groups is 2. The summed E-state index contributed by atoms with van der Waals surface area (Å²) in [4.78, 5) is 26.9. The number of carbonyl (C=O) groups excluding carboxylic acids is 2. The van der Waals surface area contributed by atoms with E-state index in [1.165, 1.54) is 7.11 Å². The summed E-state index contributed by atoms with van der Waals surface area (Å²) in [6, 6.07) is 12.1. The van der Waals surface area contributed by atoms with E-state index in [9.17, 15) is 9.59 Å². The average Bonchev–Trinajstić information content (AvgIpc) is 3.13. The molecule has 0 aliphatic carbocycles. The molecule has 146 valence electrons. The Morgan fingerprint density at radius 2 is 2.00 bits per heavy atom. The largest absolute Gasteiger partial charge is 0.497 e. The summed E-state index contributed by atoms with van der Waals surface area (Å²) in [5.74, 6) is 1.10. The number of amides is 3. The van der Waals surface area contributed by atoms with Crippen molar-refractivity contribution in [3.63, 3.8) is 0 Å². The molecule has 2 aromatic rings. The van der Waals surface area contributed by atoms with E-state index in [4.69, 9.17) is 9.47 Å². The smallest absolute Gasteiger partial charge is 0.319 e. The van der Waals surface area contributed by atoms with E-state index in [2.05, 4.69) is 16.0 Å². The van der Waals surface area contributed by atoms with Gasteiger partial charge in [-0.25, -0.2) is 4.79 Å². The van der Waals surface area contributed by atoms with Crippen molar-refractivity contribution in [1.29, 1.82) is 0 Å². The van der Waals surface area contributed by atoms with E-state index in [0.717, 1.165) is 11.4 Å². The Morgan fingerprint density at radius 1 is 1.18 bits per heavy atom. The molecule has 28 heavy (non-hydrogen) atoms. The van der Waals surface area contributed by atoms with Crippen LogP contribution in [0.2, 0.25) is 0 Å². The Balaban J connectivity index is 1.44. The molecule has 2 aliphatic rings. The lowest BCUT2D eigenvalue weighted by molar-refractivity contribution is -0.117. The number of hydrogen-bond acceptors (Lipinski definition) is 5. The lowest BCUT2D eigenvalue weighted by Crippen LogP contribution is -2.44. The third-order valence-corrected chi connectivity index (χ3v) is 5.07. The molecule has 2 heterocycles. The van der Waals surface area contributed by atoms with Gasteiger partial charge in [0.1, 0.15) is 17.5 Å². The van der Waals surface area contributed by atoms with E-state index in [-0.39, 0.29) is 24.0 Å². The zero-order chi connectivity index (χ0) is 19.7. The highest BCUT2D eigenvalue weighted by molar-refractivity contribution is 6.04. The van der Waals surface area contributed by atoms with Crippen LogP contribution in [0.5, 0.6) is 11.5 Å². The van der Waals surface area contributed by atoms with Crippen molar-refractivity contribution in [2.75, 3.05) is 36.3 Å². The third-order valence-electron chi connectivity index (χ3n) is 5.07. The molecule has 3 amide bonds. The molecule has 1 saturated heterocycles. The van der Waals surface area contributed by atoms with Crippen molar-refractivity contribution >= 4 is 29.0 Å². The van der Waals surface area contributed by atoms with Gasteiger partial charge < -0.3 is 30.3 Å². The number of nitrogens with one attached hydrogen (secondary N) is 3. The summed E-state index contributed by atoms with van der Waals surface area (Å²) in [5.41, 5.74) is 2.32. The number of methoxy groups -OCH3 is 2. The first-order chi connectivity index (χ1) is 13.6. The maximum absolute atomic E-state index is 12.5. The molecule has 1 fully saturated rings. The summed E-state index contributed by atoms with van der Waals surface area (Å²) >= 11 is 0. The van der Waals surface area contributed by atoms with E-state index < -0.39 is 0 Å². The molecule has 2 atom stereocenters. The van der Waals surface area contributed by atoms with E-state index in [0.29, 0.717) is 30.2 Å². The van der Waals surface area contributed by atoms with Gasteiger partial charge in [-0.2, -0.15) is 0 Å². The van der Waals surface area contributed by atoms with Gasteiger partial charge in [0, 0.05) is 12.6 Å². The van der Waals surface area contributed by atoms with E-state index in [1.807, 2.05) is 29.2 Å². The van der Waals surface area contributed by atoms with Crippen LogP contribution < -0.4 is 30.3 Å². The van der Waals surface area contributed by atoms with Gasteiger partial charge in [-0.3, -0.25) is 4.79 Å². The van der Waals surface area contributed by atoms with Crippen LogP contribution in [0, 0.1) is 0 Å². The number of fused-ring (bicyclic) bond motifs is 3. The molecule has 0 aromatic heterocycles. The highest BCUT2D eigenvalue weighted by Gasteiger charge is 2.41. The molecule has 3 N–H and O–H groups in total. The topological polar surface area (TPSA) is 91.9 Å². The second-order valence-electron chi connectivity index (χ2n) is 6.77.